The van der Waals surface area contributed by atoms with Gasteiger partial charge in [-0.1, -0.05) is 32.0 Å². The van der Waals surface area contributed by atoms with Crippen molar-refractivity contribution in [1.82, 2.24) is 0 Å². The average molecular weight is 362 g/mol. The molecule has 25 heavy (non-hydrogen) atoms. The molecule has 3 heteroatoms. The summed E-state index contributed by atoms with van der Waals surface area (Å²) in [5, 5.41) is 9.50. The van der Waals surface area contributed by atoms with Crippen LogP contribution in [-0.2, 0) is 12.8 Å². The predicted octanol–water partition coefficient (Wildman–Crippen LogP) is 4.53. The van der Waals surface area contributed by atoms with Crippen molar-refractivity contribution in [3.8, 4) is 0 Å². The zero-order valence-electron chi connectivity index (χ0n) is 16.0. The van der Waals surface area contributed by atoms with E-state index in [4.69, 9.17) is 5.73 Å². The van der Waals surface area contributed by atoms with Crippen molar-refractivity contribution < 1.29 is 5.11 Å². The quantitative estimate of drug-likeness (QED) is 0.702. The van der Waals surface area contributed by atoms with E-state index in [2.05, 4.69) is 43.8 Å². The van der Waals surface area contributed by atoms with E-state index in [1.807, 2.05) is 0 Å². The van der Waals surface area contributed by atoms with Crippen LogP contribution >= 0.6 is 11.8 Å². The van der Waals surface area contributed by atoms with E-state index in [1.54, 1.807) is 11.1 Å². The van der Waals surface area contributed by atoms with Gasteiger partial charge in [-0.2, -0.15) is 11.8 Å². The molecule has 140 valence electrons. The van der Waals surface area contributed by atoms with Crippen LogP contribution in [-0.4, -0.2) is 28.8 Å². The van der Waals surface area contributed by atoms with Gasteiger partial charge in [0.15, 0.2) is 0 Å². The van der Waals surface area contributed by atoms with Crippen LogP contribution < -0.4 is 5.73 Å². The van der Waals surface area contributed by atoms with E-state index in [9.17, 15) is 5.11 Å². The van der Waals surface area contributed by atoms with Gasteiger partial charge >= 0.3 is 0 Å². The lowest BCUT2D eigenvalue weighted by Crippen LogP contribution is -2.40. The highest BCUT2D eigenvalue weighted by atomic mass is 32.2. The van der Waals surface area contributed by atoms with Crippen LogP contribution in [0.1, 0.15) is 68.6 Å². The molecule has 3 rings (SSSR count). The van der Waals surface area contributed by atoms with E-state index in [-0.39, 0.29) is 12.1 Å². The molecule has 2 nitrogen and oxygen atoms in total. The lowest BCUT2D eigenvalue weighted by atomic mass is 9.80. The zero-order chi connectivity index (χ0) is 17.9. The molecule has 0 spiro atoms. The Morgan fingerprint density at radius 1 is 1.28 bits per heavy atom. The molecule has 1 unspecified atom stereocenters. The first-order valence-corrected chi connectivity index (χ1v) is 11.2. The molecular formula is C22H35NOS. The lowest BCUT2D eigenvalue weighted by molar-refractivity contribution is 0.198. The van der Waals surface area contributed by atoms with Gasteiger partial charge in [0.25, 0.3) is 0 Å². The molecule has 3 atom stereocenters. The molecule has 2 aliphatic carbocycles. The van der Waals surface area contributed by atoms with Crippen LogP contribution in [0.5, 0.6) is 0 Å². The van der Waals surface area contributed by atoms with Gasteiger partial charge in [-0.25, -0.2) is 0 Å². The summed E-state index contributed by atoms with van der Waals surface area (Å²) in [6.45, 7) is 4.73. The molecular weight excluding hydrogens is 326 g/mol. The van der Waals surface area contributed by atoms with Crippen LogP contribution in [0, 0.1) is 11.8 Å². The van der Waals surface area contributed by atoms with Crippen molar-refractivity contribution in [2.75, 3.05) is 18.1 Å². The van der Waals surface area contributed by atoms with Crippen LogP contribution in [0.3, 0.4) is 0 Å². The highest BCUT2D eigenvalue weighted by molar-refractivity contribution is 7.99. The molecule has 2 aliphatic rings. The summed E-state index contributed by atoms with van der Waals surface area (Å²) >= 11 is 2.13. The first kappa shape index (κ1) is 19.3. The van der Waals surface area contributed by atoms with Gasteiger partial charge in [-0.05, 0) is 90.9 Å². The molecule has 0 aliphatic heterocycles. The number of aliphatic hydroxyl groups is 1. The fourth-order valence-electron chi connectivity index (χ4n) is 4.50. The van der Waals surface area contributed by atoms with Crippen molar-refractivity contribution in [2.24, 2.45) is 17.6 Å². The minimum Gasteiger partial charge on any atom is -0.394 e. The number of fused-ring (bicyclic) bond motifs is 1. The van der Waals surface area contributed by atoms with Crippen LogP contribution in [0.2, 0.25) is 0 Å². The number of aryl methyl sites for hydroxylation is 1. The van der Waals surface area contributed by atoms with E-state index in [0.29, 0.717) is 5.92 Å². The summed E-state index contributed by atoms with van der Waals surface area (Å²) < 4.78 is 0. The van der Waals surface area contributed by atoms with Crippen LogP contribution in [0.25, 0.3) is 0 Å². The predicted molar refractivity (Wildman–Crippen MR) is 109 cm³/mol. The van der Waals surface area contributed by atoms with Gasteiger partial charge in [0, 0.05) is 5.54 Å². The second-order valence-corrected chi connectivity index (χ2v) is 10.0. The molecule has 0 amide bonds. The number of thioether (sulfide) groups is 1. The first-order valence-electron chi connectivity index (χ1n) is 10.1. The monoisotopic (exact) mass is 361 g/mol. The Balaban J connectivity index is 1.55. The average Bonchev–Trinajstić information content (AvgIpc) is 3.01. The molecule has 0 aromatic heterocycles. The summed E-state index contributed by atoms with van der Waals surface area (Å²) in [7, 11) is 0. The topological polar surface area (TPSA) is 46.2 Å². The Morgan fingerprint density at radius 3 is 2.84 bits per heavy atom. The van der Waals surface area contributed by atoms with Gasteiger partial charge in [-0.3, -0.25) is 0 Å². The minimum absolute atomic E-state index is 0.116. The summed E-state index contributed by atoms with van der Waals surface area (Å²) in [4.78, 5) is 0. The van der Waals surface area contributed by atoms with Crippen molar-refractivity contribution in [1.29, 1.82) is 0 Å². The number of hydrogen-bond acceptors (Lipinski definition) is 3. The van der Waals surface area contributed by atoms with E-state index in [0.717, 1.165) is 31.1 Å². The summed E-state index contributed by atoms with van der Waals surface area (Å²) in [5.41, 5.74) is 10.5. The molecule has 1 saturated carbocycles. The van der Waals surface area contributed by atoms with Crippen LogP contribution in [0.15, 0.2) is 18.2 Å². The zero-order valence-corrected chi connectivity index (χ0v) is 16.8. The molecule has 1 aromatic carbocycles. The lowest BCUT2D eigenvalue weighted by Gasteiger charge is -2.26. The van der Waals surface area contributed by atoms with Crippen molar-refractivity contribution in [3.63, 3.8) is 0 Å². The highest BCUT2D eigenvalue weighted by Crippen LogP contribution is 2.40. The maximum atomic E-state index is 9.50. The van der Waals surface area contributed by atoms with Gasteiger partial charge in [0.2, 0.25) is 0 Å². The van der Waals surface area contributed by atoms with Crippen molar-refractivity contribution >= 4 is 11.8 Å². The fourth-order valence-corrected chi connectivity index (χ4v) is 5.64. The van der Waals surface area contributed by atoms with Gasteiger partial charge in [-0.15, -0.1) is 0 Å². The second kappa shape index (κ2) is 8.45. The van der Waals surface area contributed by atoms with E-state index < -0.39 is 0 Å². The van der Waals surface area contributed by atoms with Crippen LogP contribution in [0.4, 0.5) is 0 Å². The third kappa shape index (κ3) is 5.02. The standard InChI is InChI=1S/C22H35NOS/c1-16(2)14-25-10-8-17-3-4-19-12-20(6-5-18(19)11-17)21-7-9-22(23,13-21)15-24/h5-6,12,16-17,21,24H,3-4,7-11,13-15,23H2,1-2H3/t17?,21-,22+/m0/s1. The van der Waals surface area contributed by atoms with E-state index in [1.165, 1.54) is 42.8 Å². The summed E-state index contributed by atoms with van der Waals surface area (Å²) in [6.07, 6.45) is 8.21. The normalized spacial score (nSPS) is 29.2. The Bertz CT molecular complexity index is 573. The highest BCUT2D eigenvalue weighted by Gasteiger charge is 2.36. The minimum atomic E-state index is -0.348. The number of benzene rings is 1. The molecule has 3 N–H and O–H groups in total. The van der Waals surface area contributed by atoms with Crippen molar-refractivity contribution in [3.05, 3.63) is 34.9 Å². The molecule has 1 aromatic rings. The Morgan fingerprint density at radius 2 is 2.12 bits per heavy atom. The number of aliphatic hydroxyl groups excluding tert-OH is 1. The number of rotatable bonds is 7. The Labute approximate surface area is 158 Å². The third-order valence-electron chi connectivity index (χ3n) is 6.11. The van der Waals surface area contributed by atoms with Gasteiger partial charge in [0.05, 0.1) is 6.61 Å². The molecule has 0 radical (unpaired) electrons. The fraction of sp³-hybridized carbons (Fsp3) is 0.727. The third-order valence-corrected chi connectivity index (χ3v) is 7.54. The molecule has 0 bridgehead atoms. The molecule has 1 fully saturated rings. The largest absolute Gasteiger partial charge is 0.394 e. The maximum absolute atomic E-state index is 9.50. The van der Waals surface area contributed by atoms with Gasteiger partial charge < -0.3 is 10.8 Å². The van der Waals surface area contributed by atoms with E-state index >= 15 is 0 Å². The van der Waals surface area contributed by atoms with Gasteiger partial charge in [0.1, 0.15) is 0 Å². The number of nitrogens with two attached hydrogens (primary N) is 1. The number of hydrogen-bond donors (Lipinski definition) is 2. The second-order valence-electron chi connectivity index (χ2n) is 8.85. The molecule has 0 heterocycles. The first-order chi connectivity index (χ1) is 12.0. The summed E-state index contributed by atoms with van der Waals surface area (Å²) in [5.74, 6) is 4.83. The Hall–Kier alpha value is -0.510. The SMILES string of the molecule is CC(C)CSCCC1CCc2cc([C@H]3CC[C@](N)(CO)C3)ccc2C1. The smallest absolute Gasteiger partial charge is 0.0611 e. The van der Waals surface area contributed by atoms with Crippen molar-refractivity contribution in [2.45, 2.75) is 70.3 Å². The Kier molecular flexibility index (Phi) is 6.51. The maximum Gasteiger partial charge on any atom is 0.0611 e. The summed E-state index contributed by atoms with van der Waals surface area (Å²) in [6, 6.07) is 7.17. The molecule has 0 saturated heterocycles.